The smallest absolute Gasteiger partial charge is 0.373 e. The molecule has 37 heavy (non-hydrogen) atoms. The number of anilines is 2. The van der Waals surface area contributed by atoms with E-state index in [1.54, 1.807) is 57.7 Å². The lowest BCUT2D eigenvalue weighted by molar-refractivity contribution is 0.0684. The SMILES string of the molecule is COc1ccc(N)cc1OC.COc1ccc(NC(=O)c2ncn[nH]2)cc1OC.O=C(O)c1ncn[nH]1. The summed E-state index contributed by atoms with van der Waals surface area (Å²) in [6, 6.07) is 10.3. The zero-order chi connectivity index (χ0) is 27.2. The molecule has 0 saturated carbocycles. The number of ether oxygens (including phenoxy) is 4. The third-order valence-electron chi connectivity index (χ3n) is 4.30. The van der Waals surface area contributed by atoms with Crippen LogP contribution in [-0.2, 0) is 0 Å². The number of aromatic carboxylic acids is 1. The molecule has 4 aromatic rings. The molecule has 0 aliphatic heterocycles. The van der Waals surface area contributed by atoms with E-state index in [9.17, 15) is 9.59 Å². The highest BCUT2D eigenvalue weighted by Crippen LogP contribution is 2.30. The average Bonchev–Trinajstić information content (AvgIpc) is 3.64. The number of methoxy groups -OCH3 is 4. The molecule has 2 aromatic carbocycles. The summed E-state index contributed by atoms with van der Waals surface area (Å²) >= 11 is 0. The van der Waals surface area contributed by atoms with Gasteiger partial charge in [0.05, 0.1) is 28.4 Å². The quantitative estimate of drug-likeness (QED) is 0.224. The maximum Gasteiger partial charge on any atom is 0.373 e. The minimum atomic E-state index is -1.09. The second-order valence-electron chi connectivity index (χ2n) is 6.61. The van der Waals surface area contributed by atoms with E-state index < -0.39 is 5.97 Å². The predicted molar refractivity (Wildman–Crippen MR) is 131 cm³/mol. The number of nitrogen functional groups attached to an aromatic ring is 1. The van der Waals surface area contributed by atoms with E-state index >= 15 is 0 Å². The van der Waals surface area contributed by atoms with E-state index in [2.05, 4.69) is 35.7 Å². The number of hydrogen-bond donors (Lipinski definition) is 5. The molecule has 0 radical (unpaired) electrons. The summed E-state index contributed by atoms with van der Waals surface area (Å²) in [4.78, 5) is 28.7. The molecule has 1 amide bonds. The minimum Gasteiger partial charge on any atom is -0.493 e. The Bertz CT molecular complexity index is 1260. The summed E-state index contributed by atoms with van der Waals surface area (Å²) in [6.07, 6.45) is 2.41. The van der Waals surface area contributed by atoms with Gasteiger partial charge in [-0.25, -0.2) is 14.8 Å². The number of aromatic nitrogens is 6. The molecule has 4 rings (SSSR count). The van der Waals surface area contributed by atoms with Gasteiger partial charge in [-0.3, -0.25) is 15.0 Å². The van der Waals surface area contributed by atoms with Crippen molar-refractivity contribution in [2.24, 2.45) is 0 Å². The minimum absolute atomic E-state index is 0.134. The lowest BCUT2D eigenvalue weighted by Gasteiger charge is -2.09. The lowest BCUT2D eigenvalue weighted by atomic mass is 10.2. The summed E-state index contributed by atoms with van der Waals surface area (Å²) < 4.78 is 20.3. The highest BCUT2D eigenvalue weighted by molar-refractivity contribution is 6.01. The Morgan fingerprint density at radius 1 is 0.784 bits per heavy atom. The first-order valence-corrected chi connectivity index (χ1v) is 10.3. The van der Waals surface area contributed by atoms with Crippen molar-refractivity contribution < 1.29 is 33.6 Å². The molecule has 0 aliphatic rings. The van der Waals surface area contributed by atoms with E-state index in [4.69, 9.17) is 29.8 Å². The van der Waals surface area contributed by atoms with Crippen LogP contribution in [0, 0.1) is 0 Å². The van der Waals surface area contributed by atoms with Crippen molar-refractivity contribution in [3.8, 4) is 23.0 Å². The maximum absolute atomic E-state index is 11.7. The van der Waals surface area contributed by atoms with Gasteiger partial charge in [0.1, 0.15) is 12.7 Å². The lowest BCUT2D eigenvalue weighted by Crippen LogP contribution is -2.13. The normalized spacial score (nSPS) is 9.51. The number of carboxylic acid groups (broad SMARTS) is 1. The topological polar surface area (TPSA) is 212 Å². The molecule has 2 aromatic heterocycles. The fourth-order valence-corrected chi connectivity index (χ4v) is 2.58. The molecule has 0 spiro atoms. The van der Waals surface area contributed by atoms with E-state index in [0.29, 0.717) is 34.4 Å². The van der Waals surface area contributed by atoms with Crippen LogP contribution in [0.3, 0.4) is 0 Å². The van der Waals surface area contributed by atoms with Crippen molar-refractivity contribution >= 4 is 23.3 Å². The summed E-state index contributed by atoms with van der Waals surface area (Å²) in [6.45, 7) is 0. The zero-order valence-electron chi connectivity index (χ0n) is 20.4. The number of nitrogens with zero attached hydrogens (tertiary/aromatic N) is 4. The van der Waals surface area contributed by atoms with E-state index in [0.717, 1.165) is 6.33 Å². The number of carboxylic acids is 1. The average molecular weight is 514 g/mol. The number of hydrogen-bond acceptors (Lipinski definition) is 11. The van der Waals surface area contributed by atoms with Crippen LogP contribution >= 0.6 is 0 Å². The molecule has 0 bridgehead atoms. The van der Waals surface area contributed by atoms with Gasteiger partial charge in [0.25, 0.3) is 5.91 Å². The summed E-state index contributed by atoms with van der Waals surface area (Å²) in [5.74, 6) is 1.02. The van der Waals surface area contributed by atoms with Gasteiger partial charge in [-0.05, 0) is 24.3 Å². The first-order valence-electron chi connectivity index (χ1n) is 10.3. The van der Waals surface area contributed by atoms with Crippen LogP contribution in [0.1, 0.15) is 21.2 Å². The van der Waals surface area contributed by atoms with Crippen molar-refractivity contribution in [3.63, 3.8) is 0 Å². The molecule has 0 unspecified atom stereocenters. The van der Waals surface area contributed by atoms with Gasteiger partial charge < -0.3 is 35.1 Å². The number of benzene rings is 2. The molecular weight excluding hydrogens is 488 g/mol. The Morgan fingerprint density at radius 2 is 1.30 bits per heavy atom. The standard InChI is InChI=1S/C11H12N4O3.C8H11NO2.C3H3N3O2/c1-17-8-4-3-7(5-9(8)18-2)14-11(16)10-12-6-13-15-10;1-10-7-4-3-6(9)5-8(7)11-2;7-3(8)2-4-1-5-6-2/h3-6H,1-2H3,(H,14,16)(H,12,13,15);3-5H,9H2,1-2H3;1H,(H,7,8)(H,4,5,6). The van der Waals surface area contributed by atoms with E-state index in [1.165, 1.54) is 13.4 Å². The Kier molecular flexibility index (Phi) is 10.7. The molecule has 0 atom stereocenters. The highest BCUT2D eigenvalue weighted by atomic mass is 16.5. The van der Waals surface area contributed by atoms with E-state index in [-0.39, 0.29) is 17.6 Å². The van der Waals surface area contributed by atoms with Crippen molar-refractivity contribution in [1.82, 2.24) is 30.4 Å². The van der Waals surface area contributed by atoms with Gasteiger partial charge in [0.2, 0.25) is 11.6 Å². The van der Waals surface area contributed by atoms with Crippen LogP contribution in [0.2, 0.25) is 0 Å². The summed E-state index contributed by atoms with van der Waals surface area (Å²) in [5.41, 5.74) is 6.77. The number of amides is 1. The molecule has 15 heteroatoms. The van der Waals surface area contributed by atoms with Crippen molar-refractivity contribution in [2.75, 3.05) is 39.5 Å². The summed E-state index contributed by atoms with van der Waals surface area (Å²) in [7, 11) is 6.25. The number of nitrogens with two attached hydrogens (primary N) is 1. The maximum atomic E-state index is 11.7. The number of carbonyl (C=O) groups is 2. The zero-order valence-corrected chi connectivity index (χ0v) is 20.4. The molecule has 15 nitrogen and oxygen atoms in total. The van der Waals surface area contributed by atoms with Crippen molar-refractivity contribution in [1.29, 1.82) is 0 Å². The van der Waals surface area contributed by atoms with Crippen molar-refractivity contribution in [2.45, 2.75) is 0 Å². The van der Waals surface area contributed by atoms with Gasteiger partial charge in [-0.1, -0.05) is 0 Å². The third-order valence-corrected chi connectivity index (χ3v) is 4.30. The molecule has 2 heterocycles. The number of H-pyrrole nitrogens is 2. The molecule has 0 fully saturated rings. The highest BCUT2D eigenvalue weighted by Gasteiger charge is 2.11. The van der Waals surface area contributed by atoms with E-state index in [1.807, 2.05) is 0 Å². The first kappa shape index (κ1) is 27.9. The fourth-order valence-electron chi connectivity index (χ4n) is 2.58. The third kappa shape index (κ3) is 8.43. The fraction of sp³-hybridized carbons (Fsp3) is 0.182. The van der Waals surface area contributed by atoms with Crippen LogP contribution in [-0.4, -0.2) is 75.8 Å². The monoisotopic (exact) mass is 514 g/mol. The Morgan fingerprint density at radius 3 is 1.76 bits per heavy atom. The number of carbonyl (C=O) groups excluding carboxylic acids is 1. The Hall–Kier alpha value is -5.34. The Balaban J connectivity index is 0.000000215. The van der Waals surface area contributed by atoms with Crippen LogP contribution in [0.4, 0.5) is 11.4 Å². The Labute approximate surface area is 210 Å². The molecule has 0 saturated heterocycles. The number of aromatic amines is 2. The van der Waals surface area contributed by atoms with Gasteiger partial charge in [-0.2, -0.15) is 10.2 Å². The van der Waals surface area contributed by atoms with Crippen LogP contribution < -0.4 is 30.0 Å². The van der Waals surface area contributed by atoms with Gasteiger partial charge in [-0.15, -0.1) is 0 Å². The van der Waals surface area contributed by atoms with Gasteiger partial charge >= 0.3 is 5.97 Å². The van der Waals surface area contributed by atoms with Crippen LogP contribution in [0.5, 0.6) is 23.0 Å². The van der Waals surface area contributed by atoms with Crippen LogP contribution in [0.15, 0.2) is 49.1 Å². The molecule has 6 N–H and O–H groups in total. The first-order chi connectivity index (χ1) is 17.8. The number of rotatable bonds is 7. The van der Waals surface area contributed by atoms with Gasteiger partial charge in [0, 0.05) is 23.5 Å². The number of nitrogens with one attached hydrogen (secondary N) is 3. The molecular formula is C22H26N8O7. The largest absolute Gasteiger partial charge is 0.493 e. The predicted octanol–water partition coefficient (Wildman–Crippen LogP) is 1.86. The summed E-state index contributed by atoms with van der Waals surface area (Å²) in [5, 5.41) is 22.4. The second kappa shape index (κ2) is 14.1. The van der Waals surface area contributed by atoms with Gasteiger partial charge in [0.15, 0.2) is 23.0 Å². The second-order valence-corrected chi connectivity index (χ2v) is 6.61. The molecule has 0 aliphatic carbocycles. The van der Waals surface area contributed by atoms with Crippen LogP contribution in [0.25, 0.3) is 0 Å². The molecule has 196 valence electrons. The van der Waals surface area contributed by atoms with Crippen molar-refractivity contribution in [3.05, 3.63) is 60.7 Å².